The lowest BCUT2D eigenvalue weighted by molar-refractivity contribution is 1.06. The first-order chi connectivity index (χ1) is 2.73. The van der Waals surface area contributed by atoms with Crippen molar-refractivity contribution in [2.75, 3.05) is 0 Å². The fraction of sp³-hybridized carbons (Fsp3) is 0.500. The predicted octanol–water partition coefficient (Wildman–Crippen LogP) is 2.33. The minimum Gasteiger partial charge on any atom is -0.0872 e. The molecule has 0 nitrogen and oxygen atoms in total. The van der Waals surface area contributed by atoms with Gasteiger partial charge in [-0.25, -0.2) is 0 Å². The smallest absolute Gasteiger partial charge is 0.0413 e. The van der Waals surface area contributed by atoms with Crippen molar-refractivity contribution in [1.29, 1.82) is 0 Å². The minimum absolute atomic E-state index is 0.383. The largest absolute Gasteiger partial charge is 0.0872 e. The average molecular weight is 123 g/mol. The summed E-state index contributed by atoms with van der Waals surface area (Å²) in [6.45, 7) is 1.98. The van der Waals surface area contributed by atoms with Crippen LogP contribution in [0.4, 0.5) is 0 Å². The van der Waals surface area contributed by atoms with Crippen LogP contribution in [-0.2, 0) is 0 Å². The summed E-state index contributed by atoms with van der Waals surface area (Å²) in [6, 6.07) is 0. The Morgan fingerprint density at radius 1 is 1.33 bits per heavy atom. The molecule has 0 aromatic rings. The van der Waals surface area contributed by atoms with E-state index in [2.05, 4.69) is 0 Å². The Morgan fingerprint density at radius 2 is 1.50 bits per heavy atom. The van der Waals surface area contributed by atoms with Crippen molar-refractivity contribution in [1.82, 2.24) is 0 Å². The van der Waals surface area contributed by atoms with Crippen LogP contribution in [0, 0.1) is 5.92 Å². The van der Waals surface area contributed by atoms with Gasteiger partial charge in [-0.1, -0.05) is 30.1 Å². The average Bonchev–Trinajstić information content (AvgIpc) is 1.94. The topological polar surface area (TPSA) is 0 Å². The molecular weight excluding hydrogens is 119 g/mol. The molecule has 0 amide bonds. The maximum atomic E-state index is 5.43. The molecule has 0 bridgehead atoms. The number of halogens is 2. The van der Waals surface area contributed by atoms with E-state index in [4.69, 9.17) is 23.2 Å². The fourth-order valence-electron chi connectivity index (χ4n) is 0.268. The second-order valence-electron chi connectivity index (χ2n) is 1.42. The third-order valence-electron chi connectivity index (χ3n) is 0.905. The van der Waals surface area contributed by atoms with Crippen LogP contribution in [0.2, 0.25) is 0 Å². The van der Waals surface area contributed by atoms with Gasteiger partial charge in [0, 0.05) is 16.0 Å². The number of rotatable bonds is 0. The molecule has 2 heteroatoms. The normalized spacial score (nSPS) is 22.5. The molecule has 0 radical (unpaired) electrons. The summed E-state index contributed by atoms with van der Waals surface area (Å²) in [6.07, 6.45) is 0. The summed E-state index contributed by atoms with van der Waals surface area (Å²) in [4.78, 5) is 0. The molecule has 6 heavy (non-hydrogen) atoms. The second kappa shape index (κ2) is 1.14. The van der Waals surface area contributed by atoms with Gasteiger partial charge < -0.3 is 0 Å². The highest BCUT2D eigenvalue weighted by atomic mass is 35.5. The Hall–Kier alpha value is 0.320. The zero-order valence-corrected chi connectivity index (χ0v) is 4.85. The number of hydrogen-bond acceptors (Lipinski definition) is 0. The molecule has 1 rings (SSSR count). The van der Waals surface area contributed by atoms with Crippen molar-refractivity contribution in [3.05, 3.63) is 10.1 Å². The summed E-state index contributed by atoms with van der Waals surface area (Å²) in [7, 11) is 0. The molecule has 1 aliphatic carbocycles. The molecule has 0 saturated heterocycles. The Morgan fingerprint density at radius 3 is 1.50 bits per heavy atom. The van der Waals surface area contributed by atoms with Gasteiger partial charge in [-0.3, -0.25) is 0 Å². The Bertz CT molecular complexity index is 92.1. The lowest BCUT2D eigenvalue weighted by Crippen LogP contribution is -1.58. The van der Waals surface area contributed by atoms with E-state index in [0.717, 1.165) is 10.1 Å². The van der Waals surface area contributed by atoms with Crippen LogP contribution in [0.15, 0.2) is 10.1 Å². The third kappa shape index (κ3) is 0.447. The number of hydrogen-bond donors (Lipinski definition) is 0. The fourth-order valence-corrected chi connectivity index (χ4v) is 0.760. The van der Waals surface area contributed by atoms with Crippen LogP contribution in [0.1, 0.15) is 6.92 Å². The lowest BCUT2D eigenvalue weighted by Gasteiger charge is -1.69. The molecule has 1 aliphatic rings. The SMILES string of the molecule is CC1C(Cl)=C1Cl. The van der Waals surface area contributed by atoms with E-state index in [-0.39, 0.29) is 0 Å². The van der Waals surface area contributed by atoms with Crippen LogP contribution in [-0.4, -0.2) is 0 Å². The van der Waals surface area contributed by atoms with E-state index in [9.17, 15) is 0 Å². The summed E-state index contributed by atoms with van der Waals surface area (Å²) < 4.78 is 0. The first kappa shape index (κ1) is 4.48. The highest BCUT2D eigenvalue weighted by Gasteiger charge is 2.28. The Labute approximate surface area is 46.7 Å². The summed E-state index contributed by atoms with van der Waals surface area (Å²) >= 11 is 10.9. The van der Waals surface area contributed by atoms with Crippen LogP contribution in [0.25, 0.3) is 0 Å². The third-order valence-corrected chi connectivity index (χ3v) is 2.06. The molecule has 0 fully saturated rings. The molecule has 0 aliphatic heterocycles. The molecule has 0 saturated carbocycles. The molecule has 0 aromatic carbocycles. The predicted molar refractivity (Wildman–Crippen MR) is 27.9 cm³/mol. The first-order valence-electron chi connectivity index (χ1n) is 1.78. The minimum atomic E-state index is 0.383. The van der Waals surface area contributed by atoms with E-state index in [1.54, 1.807) is 0 Å². The van der Waals surface area contributed by atoms with Crippen LogP contribution < -0.4 is 0 Å². The van der Waals surface area contributed by atoms with Gasteiger partial charge in [0.05, 0.1) is 0 Å². The highest BCUT2D eigenvalue weighted by molar-refractivity contribution is 6.45. The number of allylic oxidation sites excluding steroid dienone is 2. The molecule has 0 atom stereocenters. The van der Waals surface area contributed by atoms with Crippen LogP contribution in [0.5, 0.6) is 0 Å². The van der Waals surface area contributed by atoms with Gasteiger partial charge in [-0.2, -0.15) is 0 Å². The van der Waals surface area contributed by atoms with Crippen LogP contribution in [0.3, 0.4) is 0 Å². The molecule has 0 heterocycles. The van der Waals surface area contributed by atoms with Gasteiger partial charge >= 0.3 is 0 Å². The van der Waals surface area contributed by atoms with Crippen molar-refractivity contribution in [2.45, 2.75) is 6.92 Å². The highest BCUT2D eigenvalue weighted by Crippen LogP contribution is 2.44. The summed E-state index contributed by atoms with van der Waals surface area (Å²) in [5.74, 6) is 0.383. The quantitative estimate of drug-likeness (QED) is 0.463. The van der Waals surface area contributed by atoms with E-state index < -0.39 is 0 Å². The molecule has 0 unspecified atom stereocenters. The van der Waals surface area contributed by atoms with Gasteiger partial charge in [0.15, 0.2) is 0 Å². The zero-order valence-electron chi connectivity index (χ0n) is 3.33. The van der Waals surface area contributed by atoms with E-state index in [0.29, 0.717) is 5.92 Å². The molecular formula is C4H4Cl2. The van der Waals surface area contributed by atoms with E-state index in [1.807, 2.05) is 6.92 Å². The van der Waals surface area contributed by atoms with Gasteiger partial charge in [-0.15, -0.1) is 0 Å². The summed E-state index contributed by atoms with van der Waals surface area (Å²) in [5.41, 5.74) is 0. The Kier molecular flexibility index (Phi) is 0.853. The van der Waals surface area contributed by atoms with Gasteiger partial charge in [0.2, 0.25) is 0 Å². The van der Waals surface area contributed by atoms with Crippen molar-refractivity contribution < 1.29 is 0 Å². The first-order valence-corrected chi connectivity index (χ1v) is 2.54. The van der Waals surface area contributed by atoms with Gasteiger partial charge in [-0.05, 0) is 0 Å². The van der Waals surface area contributed by atoms with Crippen LogP contribution >= 0.6 is 23.2 Å². The molecule has 0 aromatic heterocycles. The molecule has 34 valence electrons. The monoisotopic (exact) mass is 122 g/mol. The van der Waals surface area contributed by atoms with E-state index >= 15 is 0 Å². The molecule has 0 N–H and O–H groups in total. The Balaban J connectivity index is 2.54. The van der Waals surface area contributed by atoms with Crippen molar-refractivity contribution >= 4 is 23.2 Å². The van der Waals surface area contributed by atoms with Gasteiger partial charge in [0.1, 0.15) is 0 Å². The van der Waals surface area contributed by atoms with E-state index in [1.165, 1.54) is 0 Å². The second-order valence-corrected chi connectivity index (χ2v) is 2.23. The zero-order chi connectivity index (χ0) is 4.73. The van der Waals surface area contributed by atoms with Crippen molar-refractivity contribution in [3.8, 4) is 0 Å². The lowest BCUT2D eigenvalue weighted by atomic mass is 10.5. The maximum Gasteiger partial charge on any atom is 0.0413 e. The summed E-state index contributed by atoms with van der Waals surface area (Å²) in [5, 5.41) is 1.66. The molecule has 0 spiro atoms. The standard InChI is InChI=1S/C4H4Cl2/c1-2-3(5)4(2)6/h2H,1H3. The van der Waals surface area contributed by atoms with Gasteiger partial charge in [0.25, 0.3) is 0 Å². The maximum absolute atomic E-state index is 5.43. The van der Waals surface area contributed by atoms with Crippen molar-refractivity contribution in [2.24, 2.45) is 5.92 Å². The van der Waals surface area contributed by atoms with Crippen molar-refractivity contribution in [3.63, 3.8) is 0 Å².